The Balaban J connectivity index is 0.703. The normalized spacial score (nSPS) is 14.1. The number of carbonyl (C=O) groups is 11. The molecule has 10 amide bonds. The number of nitrogens with two attached hydrogens (primary N) is 4. The van der Waals surface area contributed by atoms with E-state index < -0.39 is 126 Å². The Morgan fingerprint density at radius 1 is 0.261 bits per heavy atom. The number of benzene rings is 8. The number of ether oxygens (including phenoxy) is 1. The number of amides is 10. The van der Waals surface area contributed by atoms with E-state index in [-0.39, 0.29) is 116 Å². The van der Waals surface area contributed by atoms with Crippen LogP contribution in [0.4, 0.5) is 4.79 Å². The lowest BCUT2D eigenvalue weighted by atomic mass is 9.98. The first-order chi connectivity index (χ1) is 67.2. The van der Waals surface area contributed by atoms with Crippen molar-refractivity contribution in [1.29, 1.82) is 0 Å². The van der Waals surface area contributed by atoms with Crippen LogP contribution in [0.25, 0.3) is 76.5 Å². The molecule has 0 spiro atoms. The van der Waals surface area contributed by atoms with Gasteiger partial charge in [0, 0.05) is 147 Å². The average Bonchev–Trinajstić information content (AvgIpc) is 1.61. The Hall–Kier alpha value is -15.2. The molecular weight excluding hydrogens is 1750 g/mol. The molecule has 14 aromatic rings. The van der Waals surface area contributed by atoms with E-state index >= 15 is 38.4 Å². The van der Waals surface area contributed by atoms with Gasteiger partial charge in [-0.15, -0.1) is 0 Å². The zero-order chi connectivity index (χ0) is 96.6. The highest BCUT2D eigenvalue weighted by Gasteiger charge is 2.39. The van der Waals surface area contributed by atoms with Crippen LogP contribution in [0.1, 0.15) is 127 Å². The fourth-order valence-electron chi connectivity index (χ4n) is 18.6. The Labute approximate surface area is 796 Å². The first-order valence-electron chi connectivity index (χ1n) is 47.4. The van der Waals surface area contributed by atoms with E-state index in [2.05, 4.69) is 83.1 Å². The molecule has 718 valence electrons. The SMILES string of the molecule is NCCCC[C@H](NC(=O)[C@H](Cc1c[nH]c2ccccc12)NC(=O)[C@H](CCCCN)NC(=O)[C@H](Cc1c[nH]c2ccccc12)NC(=O)[C@H](Cc1c[nH]c2ccccc12)NC(=O)[C@H](CCCCN)NC(=O)[C@H](Cc1c[nH]c2ccccc12)NC(=O)[C@H](CCCCN)NC(=O)[C@H](Cc1c[nH]c2ccccc12)NC(=O)OCC1c2ccccc2-c2ccccc21)C(=O)N[C@@H](Cc1c[nH]c2ccccc12)C(=O)O. The van der Waals surface area contributed by atoms with Crippen molar-refractivity contribution in [2.45, 2.75) is 182 Å². The number of unbranched alkanes of at least 4 members (excludes halogenated alkanes) is 4. The van der Waals surface area contributed by atoms with Crippen LogP contribution in [0.5, 0.6) is 0 Å². The van der Waals surface area contributed by atoms with Crippen LogP contribution in [0.3, 0.4) is 0 Å². The third-order valence-corrected chi connectivity index (χ3v) is 26.0. The highest BCUT2D eigenvalue weighted by molar-refractivity contribution is 6.01. The van der Waals surface area contributed by atoms with Crippen LogP contribution < -0.4 is 76.1 Å². The van der Waals surface area contributed by atoms with E-state index in [0.29, 0.717) is 93.7 Å². The van der Waals surface area contributed by atoms with Gasteiger partial charge in [-0.1, -0.05) is 158 Å². The summed E-state index contributed by atoms with van der Waals surface area (Å²) in [7, 11) is 0. The van der Waals surface area contributed by atoms with Crippen molar-refractivity contribution in [2.75, 3.05) is 32.8 Å². The minimum Gasteiger partial charge on any atom is -0.480 e. The number of aromatic amines is 6. The van der Waals surface area contributed by atoms with Gasteiger partial charge in [0.1, 0.15) is 67.0 Å². The maximum Gasteiger partial charge on any atom is 0.407 e. The summed E-state index contributed by atoms with van der Waals surface area (Å²) in [6.07, 6.45) is 11.5. The van der Waals surface area contributed by atoms with Crippen LogP contribution in [-0.4, -0.2) is 193 Å². The molecule has 10 atom stereocenters. The molecule has 6 heterocycles. The van der Waals surface area contributed by atoms with Crippen molar-refractivity contribution < 1.29 is 62.6 Å². The number of aromatic nitrogens is 6. The molecule has 1 aliphatic carbocycles. The molecule has 8 aromatic carbocycles. The Morgan fingerprint density at radius 2 is 0.464 bits per heavy atom. The molecule has 6 aromatic heterocycles. The van der Waals surface area contributed by atoms with Gasteiger partial charge in [0.05, 0.1) is 0 Å². The highest BCUT2D eigenvalue weighted by Crippen LogP contribution is 2.45. The van der Waals surface area contributed by atoms with Crippen LogP contribution in [0.2, 0.25) is 0 Å². The average molecular weight is 1870 g/mol. The van der Waals surface area contributed by atoms with E-state index in [1.54, 1.807) is 37.2 Å². The number of nitrogens with one attached hydrogen (secondary N) is 16. The Morgan fingerprint density at radius 3 is 0.710 bits per heavy atom. The molecule has 1 aliphatic rings. The number of para-hydroxylation sites is 6. The van der Waals surface area contributed by atoms with Crippen LogP contribution in [-0.2, 0) is 91.2 Å². The molecule has 0 saturated carbocycles. The van der Waals surface area contributed by atoms with Gasteiger partial charge in [0.15, 0.2) is 0 Å². The second-order valence-electron chi connectivity index (χ2n) is 35.4. The molecule has 33 nitrogen and oxygen atoms in total. The number of hydrogen-bond acceptors (Lipinski definition) is 16. The van der Waals surface area contributed by atoms with Crippen molar-refractivity contribution in [3.8, 4) is 11.1 Å². The Kier molecular flexibility index (Phi) is 33.0. The molecule has 0 saturated heterocycles. The van der Waals surface area contributed by atoms with Gasteiger partial charge in [0.25, 0.3) is 0 Å². The fraction of sp³-hybridized carbons (Fsp3) is 0.324. The summed E-state index contributed by atoms with van der Waals surface area (Å²) in [4.78, 5) is 187. The number of rotatable bonds is 50. The summed E-state index contributed by atoms with van der Waals surface area (Å²) in [5.74, 6) is -8.89. The topological polar surface area (TPSA) is 536 Å². The summed E-state index contributed by atoms with van der Waals surface area (Å²) in [6, 6.07) is 45.8. The molecule has 138 heavy (non-hydrogen) atoms. The summed E-state index contributed by atoms with van der Waals surface area (Å²) in [6.45, 7) is 0.856. The molecule has 0 unspecified atom stereocenters. The summed E-state index contributed by atoms with van der Waals surface area (Å²) in [5, 5.41) is 44.1. The fourth-order valence-corrected chi connectivity index (χ4v) is 18.6. The zero-order valence-corrected chi connectivity index (χ0v) is 76.7. The molecule has 15 rings (SSSR count). The summed E-state index contributed by atoms with van der Waals surface area (Å²) >= 11 is 0. The largest absolute Gasteiger partial charge is 0.480 e. The second-order valence-corrected chi connectivity index (χ2v) is 35.4. The van der Waals surface area contributed by atoms with Gasteiger partial charge in [-0.25, -0.2) is 9.59 Å². The standard InChI is InChI=1S/C105H120N20O13/c106-45-21-17-41-85(95(126)120-90(50-63-56-111-80-36-12-6-26-69(63)80)100(131)118-88(44-20-24-48-109)98(129)124-94(104(135)136)54-67-60-115-84-40-16-10-30-73(67)84)117-101(132)91(51-64-57-112-81-37-13-7-27-70(64)81)123-102(133)92(52-65-58-113-82-38-14-8-28-71(65)82)122-96(127)86(42-18-22-46-107)116-99(130)89(49-62-55-110-79-35-11-5-25-68(62)79)121-97(128)87(43-19-23-47-108)119-103(134)93(53-66-59-114-83-39-15-9-29-72(66)83)125-105(137)138-61-78-76-33-3-1-31-74(76)75-32-2-4-34-77(75)78/h1-16,25-40,55-60,78,85-94,110-115H,17-24,41-54,61,106-109H2,(H,116,130)(H,117,132)(H,118,131)(H,119,134)(H,120,126)(H,121,128)(H,122,127)(H,123,133)(H,124,129)(H,125,137)(H,135,136)/t85-,86-,87-,88-,89-,90-,91-,92-,93-,94-/m0/s1. The monoisotopic (exact) mass is 1870 g/mol. The first-order valence-corrected chi connectivity index (χ1v) is 47.4. The Bertz CT molecular complexity index is 6530. The molecule has 33 heteroatoms. The predicted octanol–water partition coefficient (Wildman–Crippen LogP) is 9.20. The van der Waals surface area contributed by atoms with Gasteiger partial charge < -0.3 is 116 Å². The summed E-state index contributed by atoms with van der Waals surface area (Å²) in [5.41, 5.74) is 36.4. The molecular formula is C105H120N20O13. The van der Waals surface area contributed by atoms with Crippen molar-refractivity contribution in [3.05, 3.63) is 276 Å². The molecule has 25 N–H and O–H groups in total. The molecule has 0 bridgehead atoms. The van der Waals surface area contributed by atoms with E-state index in [9.17, 15) is 19.5 Å². The lowest BCUT2D eigenvalue weighted by molar-refractivity contribution is -0.142. The number of alkyl carbamates (subject to hydrolysis) is 1. The van der Waals surface area contributed by atoms with E-state index in [0.717, 1.165) is 65.9 Å². The van der Waals surface area contributed by atoms with Crippen molar-refractivity contribution in [2.24, 2.45) is 22.9 Å². The quantitative estimate of drug-likeness (QED) is 0.0158. The lowest BCUT2D eigenvalue weighted by Crippen LogP contribution is -2.61. The van der Waals surface area contributed by atoms with E-state index in [1.807, 2.05) is 194 Å². The smallest absolute Gasteiger partial charge is 0.407 e. The number of H-pyrrole nitrogens is 6. The van der Waals surface area contributed by atoms with E-state index in [1.165, 1.54) is 0 Å². The van der Waals surface area contributed by atoms with Crippen LogP contribution in [0.15, 0.2) is 231 Å². The number of fused-ring (bicyclic) bond motifs is 9. The van der Waals surface area contributed by atoms with E-state index in [4.69, 9.17) is 27.7 Å². The van der Waals surface area contributed by atoms with Gasteiger partial charge in [0.2, 0.25) is 53.2 Å². The zero-order valence-electron chi connectivity index (χ0n) is 76.7. The van der Waals surface area contributed by atoms with Crippen LogP contribution in [0, 0.1) is 0 Å². The van der Waals surface area contributed by atoms with Gasteiger partial charge in [-0.05, 0) is 195 Å². The number of carbonyl (C=O) groups excluding carboxylic acids is 10. The maximum absolute atomic E-state index is 16.1. The number of carboxylic acid groups (broad SMARTS) is 1. The number of hydrogen-bond donors (Lipinski definition) is 21. The lowest BCUT2D eigenvalue weighted by Gasteiger charge is -2.29. The van der Waals surface area contributed by atoms with Crippen molar-refractivity contribution in [3.63, 3.8) is 0 Å². The molecule has 0 radical (unpaired) electrons. The van der Waals surface area contributed by atoms with Gasteiger partial charge in [-0.3, -0.25) is 43.2 Å². The number of carboxylic acids is 1. The third-order valence-electron chi connectivity index (χ3n) is 26.0. The van der Waals surface area contributed by atoms with Crippen molar-refractivity contribution >= 4 is 131 Å². The summed E-state index contributed by atoms with van der Waals surface area (Å²) < 4.78 is 6.03. The first kappa shape index (κ1) is 97.4. The maximum atomic E-state index is 16.1. The predicted molar refractivity (Wildman–Crippen MR) is 531 cm³/mol. The van der Waals surface area contributed by atoms with Crippen LogP contribution >= 0.6 is 0 Å². The molecule has 0 fully saturated rings. The van der Waals surface area contributed by atoms with Crippen molar-refractivity contribution in [1.82, 2.24) is 83.1 Å². The van der Waals surface area contributed by atoms with Gasteiger partial charge in [-0.2, -0.15) is 0 Å². The molecule has 0 aliphatic heterocycles. The number of aliphatic carboxylic acids is 1. The van der Waals surface area contributed by atoms with Gasteiger partial charge >= 0.3 is 12.1 Å². The minimum absolute atomic E-state index is 0.0324. The minimum atomic E-state index is -1.54. The second kappa shape index (κ2) is 46.8. The third kappa shape index (κ3) is 24.2. The highest BCUT2D eigenvalue weighted by atomic mass is 16.5.